The van der Waals surface area contributed by atoms with E-state index < -0.39 is 0 Å². The average molecular weight is 358 g/mol. The first-order valence-corrected chi connectivity index (χ1v) is 8.51. The largest absolute Gasteiger partial charge is 0.350 e. The van der Waals surface area contributed by atoms with Gasteiger partial charge in [0.2, 0.25) is 5.95 Å². The summed E-state index contributed by atoms with van der Waals surface area (Å²) in [5, 5.41) is 7.41. The fraction of sp³-hybridized carbons (Fsp3) is 0.158. The van der Waals surface area contributed by atoms with Crippen molar-refractivity contribution in [2.24, 2.45) is 0 Å². The van der Waals surface area contributed by atoms with Crippen molar-refractivity contribution in [2.75, 3.05) is 5.32 Å². The van der Waals surface area contributed by atoms with Crippen LogP contribution in [0.15, 0.2) is 55.4 Å². The molecule has 0 bridgehead atoms. The second-order valence-corrected chi connectivity index (χ2v) is 6.03. The number of hydrogen-bond acceptors (Lipinski definition) is 7. The molecule has 0 spiro atoms. The van der Waals surface area contributed by atoms with Crippen molar-refractivity contribution in [2.45, 2.75) is 20.4 Å². The van der Waals surface area contributed by atoms with E-state index in [2.05, 4.69) is 35.3 Å². The summed E-state index contributed by atoms with van der Waals surface area (Å²) in [6.45, 7) is 4.47. The molecule has 0 saturated carbocycles. The first-order valence-electron chi connectivity index (χ1n) is 8.51. The minimum absolute atomic E-state index is 0.512. The van der Waals surface area contributed by atoms with Gasteiger partial charge in [-0.25, -0.2) is 24.6 Å². The highest BCUT2D eigenvalue weighted by Gasteiger charge is 2.09. The maximum Gasteiger partial charge on any atom is 0.223 e. The fourth-order valence-electron chi connectivity index (χ4n) is 2.82. The lowest BCUT2D eigenvalue weighted by Gasteiger charge is -2.10. The van der Waals surface area contributed by atoms with Gasteiger partial charge in [0.25, 0.3) is 0 Å². The van der Waals surface area contributed by atoms with Crippen molar-refractivity contribution in [1.29, 1.82) is 0 Å². The van der Waals surface area contributed by atoms with Crippen LogP contribution in [0.1, 0.15) is 17.0 Å². The van der Waals surface area contributed by atoms with Crippen molar-refractivity contribution < 1.29 is 0 Å². The Morgan fingerprint density at radius 3 is 2.74 bits per heavy atom. The lowest BCUT2D eigenvalue weighted by Crippen LogP contribution is -2.09. The molecule has 0 unspecified atom stereocenters. The molecule has 134 valence electrons. The van der Waals surface area contributed by atoms with E-state index >= 15 is 0 Å². The van der Waals surface area contributed by atoms with Gasteiger partial charge in [0.15, 0.2) is 5.82 Å². The summed E-state index contributed by atoms with van der Waals surface area (Å²) in [5.41, 5.74) is 4.72. The van der Waals surface area contributed by atoms with E-state index in [4.69, 9.17) is 0 Å². The van der Waals surface area contributed by atoms with E-state index in [9.17, 15) is 0 Å². The molecular formula is C19H18N8. The molecule has 1 N–H and O–H groups in total. The molecule has 0 aliphatic carbocycles. The molecule has 0 aliphatic heterocycles. The summed E-state index contributed by atoms with van der Waals surface area (Å²) in [6, 6.07) is 9.77. The van der Waals surface area contributed by atoms with E-state index in [0.717, 1.165) is 34.0 Å². The molecule has 8 heteroatoms. The van der Waals surface area contributed by atoms with Crippen LogP contribution in [-0.4, -0.2) is 34.7 Å². The number of aryl methyl sites for hydroxylation is 2. The Morgan fingerprint density at radius 1 is 1.00 bits per heavy atom. The molecule has 0 fully saturated rings. The minimum Gasteiger partial charge on any atom is -0.350 e. The molecule has 4 rings (SSSR count). The van der Waals surface area contributed by atoms with Crippen molar-refractivity contribution >= 4 is 5.95 Å². The third kappa shape index (κ3) is 3.64. The van der Waals surface area contributed by atoms with Gasteiger partial charge in [0.1, 0.15) is 12.7 Å². The first-order chi connectivity index (χ1) is 13.2. The Bertz CT molecular complexity index is 1060. The predicted octanol–water partition coefficient (Wildman–Crippen LogP) is 2.74. The second kappa shape index (κ2) is 7.28. The molecule has 4 aromatic heterocycles. The van der Waals surface area contributed by atoms with Crippen LogP contribution in [-0.2, 0) is 6.54 Å². The van der Waals surface area contributed by atoms with Gasteiger partial charge in [-0.3, -0.25) is 4.98 Å². The molecule has 8 nitrogen and oxygen atoms in total. The van der Waals surface area contributed by atoms with Gasteiger partial charge < -0.3 is 5.32 Å². The number of pyridine rings is 2. The molecular weight excluding hydrogens is 340 g/mol. The van der Waals surface area contributed by atoms with Gasteiger partial charge >= 0.3 is 0 Å². The number of nitrogens with zero attached hydrogens (tertiary/aromatic N) is 7. The van der Waals surface area contributed by atoms with Gasteiger partial charge in [-0.1, -0.05) is 6.07 Å². The summed E-state index contributed by atoms with van der Waals surface area (Å²) in [5.74, 6) is 1.26. The van der Waals surface area contributed by atoms with Crippen LogP contribution in [0.4, 0.5) is 5.95 Å². The number of nitrogens with one attached hydrogen (secondary N) is 1. The summed E-state index contributed by atoms with van der Waals surface area (Å²) in [6.07, 6.45) is 6.57. The highest BCUT2D eigenvalue weighted by Crippen LogP contribution is 2.21. The smallest absolute Gasteiger partial charge is 0.223 e. The number of rotatable bonds is 5. The van der Waals surface area contributed by atoms with Gasteiger partial charge in [-0.15, -0.1) is 0 Å². The minimum atomic E-state index is 0.512. The Morgan fingerprint density at radius 2 is 1.93 bits per heavy atom. The fourth-order valence-corrected chi connectivity index (χ4v) is 2.82. The molecule has 4 heterocycles. The molecule has 27 heavy (non-hydrogen) atoms. The van der Waals surface area contributed by atoms with Crippen molar-refractivity contribution in [3.8, 4) is 17.1 Å². The van der Waals surface area contributed by atoms with Crippen LogP contribution in [0.2, 0.25) is 0 Å². The van der Waals surface area contributed by atoms with E-state index in [-0.39, 0.29) is 0 Å². The molecule has 0 atom stereocenters. The number of hydrogen-bond donors (Lipinski definition) is 1. The number of anilines is 1. The Kier molecular flexibility index (Phi) is 4.52. The topological polar surface area (TPSA) is 94.3 Å². The van der Waals surface area contributed by atoms with Crippen LogP contribution in [0.3, 0.4) is 0 Å². The maximum atomic E-state index is 4.62. The molecule has 0 aliphatic rings. The second-order valence-electron chi connectivity index (χ2n) is 6.03. The molecule has 0 saturated heterocycles. The highest BCUT2D eigenvalue weighted by atomic mass is 15.3. The Hall–Kier alpha value is -3.68. The normalized spacial score (nSPS) is 10.7. The van der Waals surface area contributed by atoms with Gasteiger partial charge in [0.05, 0.1) is 5.69 Å². The third-order valence-corrected chi connectivity index (χ3v) is 4.10. The average Bonchev–Trinajstić information content (AvgIpc) is 3.21. The SMILES string of the molecule is Cc1ccc(-c2ccnc(NCc3cccnc3-n3cncn3)n2)c(C)n1. The third-order valence-electron chi connectivity index (χ3n) is 4.10. The Balaban J connectivity index is 1.57. The summed E-state index contributed by atoms with van der Waals surface area (Å²) < 4.78 is 1.63. The zero-order chi connectivity index (χ0) is 18.6. The standard InChI is InChI=1S/C19H18N8/c1-13-5-6-16(14(2)25-13)17-7-9-22-19(26-17)23-10-15-4-3-8-21-18(15)27-12-20-11-24-27/h3-9,11-12H,10H2,1-2H3,(H,22,23,26). The van der Waals surface area contributed by atoms with Crippen LogP contribution >= 0.6 is 0 Å². The summed E-state index contributed by atoms with van der Waals surface area (Å²) in [7, 11) is 0. The van der Waals surface area contributed by atoms with E-state index in [1.807, 2.05) is 44.2 Å². The summed E-state index contributed by atoms with van der Waals surface area (Å²) >= 11 is 0. The van der Waals surface area contributed by atoms with Gasteiger partial charge in [0, 0.05) is 41.5 Å². The predicted molar refractivity (Wildman–Crippen MR) is 101 cm³/mol. The van der Waals surface area contributed by atoms with Crippen LogP contribution < -0.4 is 5.32 Å². The lowest BCUT2D eigenvalue weighted by atomic mass is 10.1. The quantitative estimate of drug-likeness (QED) is 0.586. The molecule has 0 radical (unpaired) electrons. The van der Waals surface area contributed by atoms with Gasteiger partial charge in [-0.05, 0) is 38.1 Å². The Labute approximate surface area is 156 Å². The zero-order valence-corrected chi connectivity index (χ0v) is 15.0. The molecule has 4 aromatic rings. The van der Waals surface area contributed by atoms with Crippen molar-refractivity contribution in [3.05, 3.63) is 72.3 Å². The van der Waals surface area contributed by atoms with Crippen LogP contribution in [0, 0.1) is 13.8 Å². The maximum absolute atomic E-state index is 4.62. The highest BCUT2D eigenvalue weighted by molar-refractivity contribution is 5.62. The zero-order valence-electron chi connectivity index (χ0n) is 15.0. The first kappa shape index (κ1) is 16.8. The van der Waals surface area contributed by atoms with E-state index in [1.54, 1.807) is 23.4 Å². The van der Waals surface area contributed by atoms with Crippen molar-refractivity contribution in [3.63, 3.8) is 0 Å². The van der Waals surface area contributed by atoms with Crippen LogP contribution in [0.5, 0.6) is 0 Å². The van der Waals surface area contributed by atoms with E-state index in [0.29, 0.717) is 12.5 Å². The number of aromatic nitrogens is 7. The van der Waals surface area contributed by atoms with Gasteiger partial charge in [-0.2, -0.15) is 5.10 Å². The van der Waals surface area contributed by atoms with Crippen molar-refractivity contribution in [1.82, 2.24) is 34.7 Å². The monoisotopic (exact) mass is 358 g/mol. The van der Waals surface area contributed by atoms with Crippen LogP contribution in [0.25, 0.3) is 17.1 Å². The molecule has 0 aromatic carbocycles. The van der Waals surface area contributed by atoms with E-state index in [1.165, 1.54) is 6.33 Å². The summed E-state index contributed by atoms with van der Waals surface area (Å²) in [4.78, 5) is 21.8. The lowest BCUT2D eigenvalue weighted by molar-refractivity contribution is 0.826. The molecule has 0 amide bonds.